The molecule has 0 atom stereocenters. The lowest BCUT2D eigenvalue weighted by Crippen LogP contribution is -2.53. The second-order valence-electron chi connectivity index (χ2n) is 8.12. The van der Waals surface area contributed by atoms with Crippen LogP contribution in [0.25, 0.3) is 0 Å². The number of hydrogen-bond acceptors (Lipinski definition) is 8. The van der Waals surface area contributed by atoms with Crippen molar-refractivity contribution < 1.29 is 4.74 Å². The van der Waals surface area contributed by atoms with Crippen molar-refractivity contribution in [2.75, 3.05) is 70.5 Å². The summed E-state index contributed by atoms with van der Waals surface area (Å²) in [6.07, 6.45) is 4.65. The lowest BCUT2D eigenvalue weighted by Gasteiger charge is -2.36. The normalized spacial score (nSPS) is 18.2. The van der Waals surface area contributed by atoms with E-state index >= 15 is 0 Å². The summed E-state index contributed by atoms with van der Waals surface area (Å²) >= 11 is 0. The zero-order valence-electron chi connectivity index (χ0n) is 19.2. The van der Waals surface area contributed by atoms with Gasteiger partial charge in [-0.1, -0.05) is 0 Å². The maximum Gasteiger partial charge on any atom is 0.225 e. The average molecular weight is 443 g/mol. The summed E-state index contributed by atoms with van der Waals surface area (Å²) < 4.78 is 7.43. The molecule has 1 N–H and O–H groups in total. The third kappa shape index (κ3) is 5.92. The van der Waals surface area contributed by atoms with Crippen molar-refractivity contribution >= 4 is 11.9 Å². The summed E-state index contributed by atoms with van der Waals surface area (Å²) in [7, 11) is 1.98. The molecule has 0 radical (unpaired) electrons. The van der Waals surface area contributed by atoms with E-state index in [9.17, 15) is 0 Å². The first kappa shape index (κ1) is 22.4. The molecule has 2 aliphatic rings. The Kier molecular flexibility index (Phi) is 7.83. The molecule has 4 rings (SSSR count). The number of piperazine rings is 1. The summed E-state index contributed by atoms with van der Waals surface area (Å²) in [5, 5.41) is 12.0. The van der Waals surface area contributed by atoms with Crippen molar-refractivity contribution in [1.82, 2.24) is 39.8 Å². The van der Waals surface area contributed by atoms with Crippen LogP contribution in [0.15, 0.2) is 23.5 Å². The number of ether oxygens (including phenoxy) is 1. The average Bonchev–Trinajstić information content (AvgIpc) is 3.17. The van der Waals surface area contributed by atoms with Crippen molar-refractivity contribution in [2.45, 2.75) is 19.9 Å². The van der Waals surface area contributed by atoms with Crippen LogP contribution >= 0.6 is 0 Å². The molecule has 2 aromatic heterocycles. The fraction of sp³-hybridized carbons (Fsp3) is 0.667. The molecule has 0 saturated carbocycles. The van der Waals surface area contributed by atoms with Gasteiger partial charge in [-0.05, 0) is 26.0 Å². The molecule has 2 fully saturated rings. The van der Waals surface area contributed by atoms with E-state index in [0.717, 1.165) is 95.5 Å². The Hall–Kier alpha value is -2.79. The first-order chi connectivity index (χ1) is 15.7. The molecule has 4 heterocycles. The molecule has 0 bridgehead atoms. The highest BCUT2D eigenvalue weighted by Crippen LogP contribution is 2.10. The predicted octanol–water partition coefficient (Wildman–Crippen LogP) is -0.0964. The molecular weight excluding hydrogens is 408 g/mol. The minimum Gasteiger partial charge on any atom is -0.379 e. The number of aryl methyl sites for hydroxylation is 1. The molecular formula is C21H34N10O. The van der Waals surface area contributed by atoms with E-state index < -0.39 is 0 Å². The van der Waals surface area contributed by atoms with E-state index in [4.69, 9.17) is 9.73 Å². The molecule has 11 nitrogen and oxygen atoms in total. The van der Waals surface area contributed by atoms with Crippen molar-refractivity contribution in [1.29, 1.82) is 0 Å². The molecule has 0 amide bonds. The third-order valence-corrected chi connectivity index (χ3v) is 6.01. The van der Waals surface area contributed by atoms with E-state index in [1.165, 1.54) is 0 Å². The van der Waals surface area contributed by atoms with Gasteiger partial charge in [0.1, 0.15) is 12.4 Å². The van der Waals surface area contributed by atoms with Crippen LogP contribution in [0.5, 0.6) is 0 Å². The van der Waals surface area contributed by atoms with Crippen LogP contribution in [0.4, 0.5) is 5.95 Å². The fourth-order valence-electron chi connectivity index (χ4n) is 3.90. The van der Waals surface area contributed by atoms with Crippen LogP contribution in [-0.2, 0) is 18.3 Å². The highest BCUT2D eigenvalue weighted by atomic mass is 16.5. The van der Waals surface area contributed by atoms with E-state index in [-0.39, 0.29) is 0 Å². The number of anilines is 1. The van der Waals surface area contributed by atoms with Crippen molar-refractivity contribution in [3.63, 3.8) is 0 Å². The SMILES string of the molecule is Cc1nnc(CN=C(NCCCN2CCOCC2)N2CCN(c3ncccn3)CC2)n1C. The number of rotatable bonds is 7. The maximum absolute atomic E-state index is 5.44. The highest BCUT2D eigenvalue weighted by Gasteiger charge is 2.21. The Morgan fingerprint density at radius 2 is 1.81 bits per heavy atom. The second-order valence-corrected chi connectivity index (χ2v) is 8.12. The maximum atomic E-state index is 5.44. The predicted molar refractivity (Wildman–Crippen MR) is 123 cm³/mol. The van der Waals surface area contributed by atoms with Gasteiger partial charge in [0.15, 0.2) is 11.8 Å². The number of morpholine rings is 1. The monoisotopic (exact) mass is 442 g/mol. The van der Waals surface area contributed by atoms with Gasteiger partial charge in [0.2, 0.25) is 5.95 Å². The fourth-order valence-corrected chi connectivity index (χ4v) is 3.90. The zero-order chi connectivity index (χ0) is 22.2. The van der Waals surface area contributed by atoms with Crippen molar-refractivity contribution in [3.05, 3.63) is 30.1 Å². The first-order valence-electron chi connectivity index (χ1n) is 11.4. The van der Waals surface area contributed by atoms with Gasteiger partial charge in [0.25, 0.3) is 0 Å². The lowest BCUT2D eigenvalue weighted by atomic mass is 10.3. The van der Waals surface area contributed by atoms with Gasteiger partial charge in [-0.2, -0.15) is 0 Å². The Morgan fingerprint density at radius 3 is 2.50 bits per heavy atom. The quantitative estimate of drug-likeness (QED) is 0.358. The van der Waals surface area contributed by atoms with Crippen LogP contribution < -0.4 is 10.2 Å². The summed E-state index contributed by atoms with van der Waals surface area (Å²) in [5.74, 6) is 3.48. The lowest BCUT2D eigenvalue weighted by molar-refractivity contribution is 0.0375. The number of aromatic nitrogens is 5. The summed E-state index contributed by atoms with van der Waals surface area (Å²) in [6, 6.07) is 1.85. The van der Waals surface area contributed by atoms with Gasteiger partial charge in [0, 0.05) is 65.3 Å². The molecule has 2 saturated heterocycles. The third-order valence-electron chi connectivity index (χ3n) is 6.01. The number of guanidine groups is 1. The number of nitrogens with zero attached hydrogens (tertiary/aromatic N) is 9. The molecule has 2 aromatic rings. The first-order valence-corrected chi connectivity index (χ1v) is 11.4. The van der Waals surface area contributed by atoms with E-state index in [2.05, 4.69) is 40.2 Å². The Labute approximate surface area is 189 Å². The Bertz CT molecular complexity index is 857. The number of aliphatic imine (C=N–C) groups is 1. The van der Waals surface area contributed by atoms with Gasteiger partial charge in [-0.3, -0.25) is 4.90 Å². The van der Waals surface area contributed by atoms with E-state index in [0.29, 0.717) is 6.54 Å². The molecule has 174 valence electrons. The highest BCUT2D eigenvalue weighted by molar-refractivity contribution is 5.80. The number of hydrogen-bond donors (Lipinski definition) is 1. The molecule has 0 spiro atoms. The van der Waals surface area contributed by atoms with Crippen LogP contribution in [0.1, 0.15) is 18.1 Å². The van der Waals surface area contributed by atoms with Crippen molar-refractivity contribution in [3.8, 4) is 0 Å². The van der Waals surface area contributed by atoms with E-state index in [1.807, 2.05) is 24.6 Å². The molecule has 0 aliphatic carbocycles. The molecule has 32 heavy (non-hydrogen) atoms. The molecule has 0 aromatic carbocycles. The summed E-state index contributed by atoms with van der Waals surface area (Å²) in [4.78, 5) is 20.7. The Morgan fingerprint density at radius 1 is 1.06 bits per heavy atom. The minimum absolute atomic E-state index is 0.505. The minimum atomic E-state index is 0.505. The van der Waals surface area contributed by atoms with Crippen LogP contribution in [0.3, 0.4) is 0 Å². The van der Waals surface area contributed by atoms with Crippen LogP contribution in [0.2, 0.25) is 0 Å². The van der Waals surface area contributed by atoms with Crippen LogP contribution in [0, 0.1) is 6.92 Å². The van der Waals surface area contributed by atoms with Gasteiger partial charge < -0.3 is 24.4 Å². The molecule has 0 unspecified atom stereocenters. The van der Waals surface area contributed by atoms with Gasteiger partial charge in [-0.25, -0.2) is 15.0 Å². The summed E-state index contributed by atoms with van der Waals surface area (Å²) in [5.41, 5.74) is 0. The van der Waals surface area contributed by atoms with Gasteiger partial charge in [-0.15, -0.1) is 10.2 Å². The molecule has 11 heteroatoms. The van der Waals surface area contributed by atoms with Crippen molar-refractivity contribution in [2.24, 2.45) is 12.0 Å². The zero-order valence-corrected chi connectivity index (χ0v) is 19.2. The van der Waals surface area contributed by atoms with Crippen LogP contribution in [-0.4, -0.2) is 106 Å². The largest absolute Gasteiger partial charge is 0.379 e. The second kappa shape index (κ2) is 11.2. The Balaban J connectivity index is 1.34. The summed E-state index contributed by atoms with van der Waals surface area (Å²) in [6.45, 7) is 11.6. The van der Waals surface area contributed by atoms with Gasteiger partial charge >= 0.3 is 0 Å². The van der Waals surface area contributed by atoms with Gasteiger partial charge in [0.05, 0.1) is 13.2 Å². The standard InChI is InChI=1S/C21H34N10O/c1-18-26-27-19(28(18)2)17-25-21(24-7-4-8-29-13-15-32-16-14-29)31-11-9-30(10-12-31)20-22-5-3-6-23-20/h3,5-6H,4,7-17H2,1-2H3,(H,24,25). The molecule has 2 aliphatic heterocycles. The number of nitrogens with one attached hydrogen (secondary N) is 1. The topological polar surface area (TPSA) is 99.8 Å². The van der Waals surface area contributed by atoms with E-state index in [1.54, 1.807) is 12.4 Å². The smallest absolute Gasteiger partial charge is 0.225 e.